The van der Waals surface area contributed by atoms with Crippen molar-refractivity contribution < 1.29 is 4.74 Å². The molecule has 2 N–H and O–H groups in total. The maximum Gasteiger partial charge on any atom is 0.119 e. The summed E-state index contributed by atoms with van der Waals surface area (Å²) in [5.74, 6) is 2.25. The van der Waals surface area contributed by atoms with Crippen LogP contribution in [0.4, 0.5) is 0 Å². The highest BCUT2D eigenvalue weighted by atomic mass is 79.9. The van der Waals surface area contributed by atoms with E-state index < -0.39 is 0 Å². The Labute approximate surface area is 105 Å². The lowest BCUT2D eigenvalue weighted by atomic mass is 9.76. The van der Waals surface area contributed by atoms with Crippen LogP contribution in [-0.4, -0.2) is 13.2 Å². The molecule has 88 valence electrons. The fourth-order valence-electron chi connectivity index (χ4n) is 2.04. The minimum absolute atomic E-state index is 0.525. The highest BCUT2D eigenvalue weighted by Gasteiger charge is 2.26. The Morgan fingerprint density at radius 3 is 2.50 bits per heavy atom. The average Bonchev–Trinajstić information content (AvgIpc) is 2.23. The Kier molecular flexibility index (Phi) is 4.24. The first kappa shape index (κ1) is 11.9. The van der Waals surface area contributed by atoms with Gasteiger partial charge in [-0.25, -0.2) is 0 Å². The van der Waals surface area contributed by atoms with Crippen LogP contribution in [0, 0.1) is 11.8 Å². The molecule has 0 bridgehead atoms. The highest BCUT2D eigenvalue weighted by Crippen LogP contribution is 2.33. The molecule has 0 radical (unpaired) electrons. The zero-order valence-corrected chi connectivity index (χ0v) is 10.9. The van der Waals surface area contributed by atoms with Crippen molar-refractivity contribution in [3.05, 3.63) is 28.7 Å². The van der Waals surface area contributed by atoms with E-state index in [1.54, 1.807) is 0 Å². The Balaban J connectivity index is 1.83. The number of nitrogens with two attached hydrogens (primary N) is 1. The summed E-state index contributed by atoms with van der Waals surface area (Å²) in [4.78, 5) is 0. The Morgan fingerprint density at radius 1 is 1.31 bits per heavy atom. The van der Waals surface area contributed by atoms with Gasteiger partial charge in [0.05, 0.1) is 6.61 Å². The van der Waals surface area contributed by atoms with E-state index in [2.05, 4.69) is 15.9 Å². The van der Waals surface area contributed by atoms with Crippen LogP contribution in [-0.2, 0) is 0 Å². The van der Waals surface area contributed by atoms with Crippen molar-refractivity contribution in [1.82, 2.24) is 0 Å². The van der Waals surface area contributed by atoms with Gasteiger partial charge in [0.1, 0.15) is 5.75 Å². The van der Waals surface area contributed by atoms with Gasteiger partial charge in [0.25, 0.3) is 0 Å². The van der Waals surface area contributed by atoms with Crippen molar-refractivity contribution in [2.24, 2.45) is 17.6 Å². The summed E-state index contributed by atoms with van der Waals surface area (Å²) in [6.45, 7) is 1.49. The molecular weight excluding hydrogens is 266 g/mol. The minimum atomic E-state index is 0.525. The second kappa shape index (κ2) is 5.69. The van der Waals surface area contributed by atoms with Crippen LogP contribution in [0.5, 0.6) is 5.75 Å². The van der Waals surface area contributed by atoms with Crippen molar-refractivity contribution in [3.8, 4) is 5.75 Å². The highest BCUT2D eigenvalue weighted by molar-refractivity contribution is 9.10. The largest absolute Gasteiger partial charge is 0.493 e. The normalized spacial score (nSPS) is 17.9. The Bertz CT molecular complexity index is 321. The summed E-state index contributed by atoms with van der Waals surface area (Å²) < 4.78 is 6.85. The van der Waals surface area contributed by atoms with Gasteiger partial charge in [-0.3, -0.25) is 0 Å². The predicted octanol–water partition coefficient (Wildman–Crippen LogP) is 3.20. The van der Waals surface area contributed by atoms with Crippen LogP contribution in [0.1, 0.15) is 19.3 Å². The predicted molar refractivity (Wildman–Crippen MR) is 69.5 cm³/mol. The molecule has 1 aliphatic carbocycles. The molecule has 1 unspecified atom stereocenters. The van der Waals surface area contributed by atoms with Crippen LogP contribution in [0.15, 0.2) is 28.7 Å². The van der Waals surface area contributed by atoms with Crippen LogP contribution in [0.3, 0.4) is 0 Å². The minimum Gasteiger partial charge on any atom is -0.493 e. The van der Waals surface area contributed by atoms with Crippen LogP contribution >= 0.6 is 15.9 Å². The molecule has 0 amide bonds. The van der Waals surface area contributed by atoms with Gasteiger partial charge >= 0.3 is 0 Å². The number of ether oxygens (including phenoxy) is 1. The Morgan fingerprint density at radius 2 is 2.00 bits per heavy atom. The van der Waals surface area contributed by atoms with Crippen LogP contribution < -0.4 is 10.5 Å². The van der Waals surface area contributed by atoms with Gasteiger partial charge in [-0.2, -0.15) is 0 Å². The van der Waals surface area contributed by atoms with Crippen LogP contribution in [0.25, 0.3) is 0 Å². The molecule has 0 aliphatic heterocycles. The van der Waals surface area contributed by atoms with Gasteiger partial charge < -0.3 is 10.5 Å². The molecule has 3 heteroatoms. The lowest BCUT2D eigenvalue weighted by molar-refractivity contribution is 0.142. The third-order valence-electron chi connectivity index (χ3n) is 3.40. The maximum absolute atomic E-state index is 5.78. The molecule has 1 fully saturated rings. The molecule has 2 rings (SSSR count). The lowest BCUT2D eigenvalue weighted by Crippen LogP contribution is -2.32. The standard InChI is InChI=1S/C13H18BrNO/c14-12-4-6-13(7-5-12)16-9-11(8-15)10-2-1-3-10/h4-7,10-11H,1-3,8-9,15H2. The molecule has 1 atom stereocenters. The monoisotopic (exact) mass is 283 g/mol. The number of rotatable bonds is 5. The van der Waals surface area contributed by atoms with Gasteiger partial charge in [-0.1, -0.05) is 22.4 Å². The van der Waals surface area contributed by atoms with Crippen molar-refractivity contribution in [2.75, 3.05) is 13.2 Å². The number of hydrogen-bond donors (Lipinski definition) is 1. The van der Waals surface area contributed by atoms with Crippen molar-refractivity contribution in [2.45, 2.75) is 19.3 Å². The van der Waals surface area contributed by atoms with Gasteiger partial charge in [0.15, 0.2) is 0 Å². The topological polar surface area (TPSA) is 35.2 Å². The van der Waals surface area contributed by atoms with E-state index in [0.717, 1.165) is 29.3 Å². The molecule has 16 heavy (non-hydrogen) atoms. The zero-order chi connectivity index (χ0) is 11.4. The van der Waals surface area contributed by atoms with Crippen molar-refractivity contribution in [3.63, 3.8) is 0 Å². The average molecular weight is 284 g/mol. The summed E-state index contributed by atoms with van der Waals surface area (Å²) in [6.07, 6.45) is 4.01. The van der Waals surface area contributed by atoms with Gasteiger partial charge in [-0.15, -0.1) is 0 Å². The first-order valence-corrected chi connectivity index (χ1v) is 6.67. The fraction of sp³-hybridized carbons (Fsp3) is 0.538. The first-order chi connectivity index (χ1) is 7.79. The van der Waals surface area contributed by atoms with Gasteiger partial charge in [-0.05, 0) is 49.6 Å². The quantitative estimate of drug-likeness (QED) is 0.901. The van der Waals surface area contributed by atoms with Crippen molar-refractivity contribution in [1.29, 1.82) is 0 Å². The summed E-state index contributed by atoms with van der Waals surface area (Å²) in [6, 6.07) is 7.96. The van der Waals surface area contributed by atoms with E-state index in [1.807, 2.05) is 24.3 Å². The zero-order valence-electron chi connectivity index (χ0n) is 9.36. The summed E-state index contributed by atoms with van der Waals surface area (Å²) in [7, 11) is 0. The fourth-order valence-corrected chi connectivity index (χ4v) is 2.31. The summed E-state index contributed by atoms with van der Waals surface area (Å²) in [5, 5.41) is 0. The third kappa shape index (κ3) is 2.98. The molecule has 1 saturated carbocycles. The van der Waals surface area contributed by atoms with Gasteiger partial charge in [0.2, 0.25) is 0 Å². The number of halogens is 1. The maximum atomic E-state index is 5.78. The molecule has 0 aromatic heterocycles. The summed E-state index contributed by atoms with van der Waals surface area (Å²) in [5.41, 5.74) is 5.78. The second-order valence-corrected chi connectivity index (χ2v) is 5.37. The lowest BCUT2D eigenvalue weighted by Gasteiger charge is -2.32. The molecule has 1 aliphatic rings. The second-order valence-electron chi connectivity index (χ2n) is 4.45. The SMILES string of the molecule is NCC(COc1ccc(Br)cc1)C1CCC1. The van der Waals surface area contributed by atoms with Crippen molar-refractivity contribution >= 4 is 15.9 Å². The first-order valence-electron chi connectivity index (χ1n) is 5.88. The van der Waals surface area contributed by atoms with Crippen LogP contribution in [0.2, 0.25) is 0 Å². The molecule has 0 spiro atoms. The van der Waals surface area contributed by atoms with E-state index in [-0.39, 0.29) is 0 Å². The Hall–Kier alpha value is -0.540. The van der Waals surface area contributed by atoms with E-state index in [1.165, 1.54) is 19.3 Å². The molecule has 1 aromatic carbocycles. The number of benzene rings is 1. The molecule has 2 nitrogen and oxygen atoms in total. The van der Waals surface area contributed by atoms with E-state index in [9.17, 15) is 0 Å². The smallest absolute Gasteiger partial charge is 0.119 e. The van der Waals surface area contributed by atoms with E-state index in [0.29, 0.717) is 5.92 Å². The molecular formula is C13H18BrNO. The van der Waals surface area contributed by atoms with E-state index in [4.69, 9.17) is 10.5 Å². The van der Waals surface area contributed by atoms with E-state index >= 15 is 0 Å². The van der Waals surface area contributed by atoms with Gasteiger partial charge in [0, 0.05) is 10.4 Å². The number of hydrogen-bond acceptors (Lipinski definition) is 2. The summed E-state index contributed by atoms with van der Waals surface area (Å²) >= 11 is 3.41. The molecule has 1 aromatic rings. The molecule has 0 heterocycles. The molecule has 0 saturated heterocycles. The third-order valence-corrected chi connectivity index (χ3v) is 3.93.